The summed E-state index contributed by atoms with van der Waals surface area (Å²) in [4.78, 5) is 2.45. The van der Waals surface area contributed by atoms with Crippen LogP contribution < -0.4 is 9.46 Å². The van der Waals surface area contributed by atoms with Crippen molar-refractivity contribution in [1.82, 2.24) is 4.90 Å². The Balaban J connectivity index is 1.25. The van der Waals surface area contributed by atoms with Crippen molar-refractivity contribution in [3.05, 3.63) is 95.6 Å². The SMILES string of the molecule is Cc1ccc(OCCCN2CCC(OC(c3ccccc3)c3ccccc3)CC2)c(NS(C)(=O)=O)c1. The molecular formula is C29H36N2O4S. The average Bonchev–Trinajstić information content (AvgIpc) is 2.87. The van der Waals surface area contributed by atoms with Gasteiger partial charge in [0.25, 0.3) is 0 Å². The van der Waals surface area contributed by atoms with E-state index in [-0.39, 0.29) is 12.2 Å². The zero-order valence-corrected chi connectivity index (χ0v) is 21.9. The van der Waals surface area contributed by atoms with E-state index in [1.807, 2.05) is 31.2 Å². The molecule has 192 valence electrons. The molecule has 7 heteroatoms. The number of nitrogens with zero attached hydrogens (tertiary/aromatic N) is 1. The highest BCUT2D eigenvalue weighted by molar-refractivity contribution is 7.92. The topological polar surface area (TPSA) is 67.9 Å². The van der Waals surface area contributed by atoms with E-state index in [0.717, 1.165) is 50.7 Å². The molecule has 3 aromatic rings. The minimum absolute atomic E-state index is 0.0541. The summed E-state index contributed by atoms with van der Waals surface area (Å²) in [5, 5.41) is 0. The molecule has 0 radical (unpaired) electrons. The summed E-state index contributed by atoms with van der Waals surface area (Å²) in [5.74, 6) is 0.561. The van der Waals surface area contributed by atoms with Gasteiger partial charge in [0.1, 0.15) is 11.9 Å². The van der Waals surface area contributed by atoms with E-state index in [1.54, 1.807) is 6.07 Å². The Morgan fingerprint density at radius 3 is 2.14 bits per heavy atom. The zero-order chi connectivity index (χ0) is 25.4. The maximum Gasteiger partial charge on any atom is 0.229 e. The molecule has 0 spiro atoms. The smallest absolute Gasteiger partial charge is 0.229 e. The van der Waals surface area contributed by atoms with Gasteiger partial charge in [-0.25, -0.2) is 8.42 Å². The summed E-state index contributed by atoms with van der Waals surface area (Å²) in [7, 11) is -3.36. The number of rotatable bonds is 11. The van der Waals surface area contributed by atoms with E-state index < -0.39 is 10.0 Å². The number of hydrogen-bond donors (Lipinski definition) is 1. The first-order valence-electron chi connectivity index (χ1n) is 12.6. The first kappa shape index (κ1) is 26.2. The maximum atomic E-state index is 11.7. The second-order valence-corrected chi connectivity index (χ2v) is 11.2. The van der Waals surface area contributed by atoms with Gasteiger partial charge in [-0.05, 0) is 55.0 Å². The molecule has 0 bridgehead atoms. The van der Waals surface area contributed by atoms with Gasteiger partial charge in [0.05, 0.1) is 24.7 Å². The van der Waals surface area contributed by atoms with Gasteiger partial charge < -0.3 is 14.4 Å². The maximum absolute atomic E-state index is 11.7. The van der Waals surface area contributed by atoms with Gasteiger partial charge in [0, 0.05) is 19.6 Å². The summed E-state index contributed by atoms with van der Waals surface area (Å²) in [6, 6.07) is 26.4. The lowest BCUT2D eigenvalue weighted by Crippen LogP contribution is -2.38. The summed E-state index contributed by atoms with van der Waals surface area (Å²) in [6.45, 7) is 5.38. The number of aryl methyl sites for hydroxylation is 1. The summed E-state index contributed by atoms with van der Waals surface area (Å²) in [6.07, 6.45) is 4.18. The van der Waals surface area contributed by atoms with Crippen LogP contribution in [0.3, 0.4) is 0 Å². The van der Waals surface area contributed by atoms with Crippen molar-refractivity contribution >= 4 is 15.7 Å². The Bertz CT molecular complexity index is 1150. The third-order valence-corrected chi connectivity index (χ3v) is 6.97. The van der Waals surface area contributed by atoms with Crippen LogP contribution in [0.1, 0.15) is 42.1 Å². The fourth-order valence-electron chi connectivity index (χ4n) is 4.59. The Morgan fingerprint density at radius 1 is 0.944 bits per heavy atom. The Labute approximate surface area is 215 Å². The van der Waals surface area contributed by atoms with E-state index in [0.29, 0.717) is 18.0 Å². The van der Waals surface area contributed by atoms with E-state index in [2.05, 4.69) is 58.2 Å². The first-order chi connectivity index (χ1) is 17.4. The molecule has 1 fully saturated rings. The number of benzene rings is 3. The number of piperidine rings is 1. The summed E-state index contributed by atoms with van der Waals surface area (Å²) < 4.78 is 38.5. The molecule has 1 aliphatic heterocycles. The second kappa shape index (κ2) is 12.4. The molecule has 0 aromatic heterocycles. The summed E-state index contributed by atoms with van der Waals surface area (Å²) >= 11 is 0. The van der Waals surface area contributed by atoms with Gasteiger partial charge in [-0.1, -0.05) is 66.7 Å². The fraction of sp³-hybridized carbons (Fsp3) is 0.379. The highest BCUT2D eigenvalue weighted by Gasteiger charge is 2.24. The molecule has 0 saturated carbocycles. The van der Waals surface area contributed by atoms with Crippen LogP contribution in [0.5, 0.6) is 5.75 Å². The normalized spacial score (nSPS) is 15.2. The number of likely N-dealkylation sites (tertiary alicyclic amines) is 1. The Kier molecular flexibility index (Phi) is 9.02. The van der Waals surface area contributed by atoms with Crippen molar-refractivity contribution < 1.29 is 17.9 Å². The van der Waals surface area contributed by atoms with Crippen LogP contribution >= 0.6 is 0 Å². The largest absolute Gasteiger partial charge is 0.491 e. The van der Waals surface area contributed by atoms with E-state index in [4.69, 9.17) is 9.47 Å². The van der Waals surface area contributed by atoms with Crippen LogP contribution in [0.2, 0.25) is 0 Å². The average molecular weight is 509 g/mol. The van der Waals surface area contributed by atoms with Crippen LogP contribution in [0.25, 0.3) is 0 Å². The van der Waals surface area contributed by atoms with Gasteiger partial charge in [-0.15, -0.1) is 0 Å². The molecule has 1 heterocycles. The van der Waals surface area contributed by atoms with Crippen LogP contribution in [-0.4, -0.2) is 51.9 Å². The van der Waals surface area contributed by atoms with Crippen molar-refractivity contribution in [1.29, 1.82) is 0 Å². The zero-order valence-electron chi connectivity index (χ0n) is 21.1. The summed E-state index contributed by atoms with van der Waals surface area (Å²) in [5.41, 5.74) is 3.83. The highest BCUT2D eigenvalue weighted by atomic mass is 32.2. The predicted octanol–water partition coefficient (Wildman–Crippen LogP) is 5.41. The number of anilines is 1. The minimum atomic E-state index is -3.36. The molecule has 0 amide bonds. The lowest BCUT2D eigenvalue weighted by Gasteiger charge is -2.34. The van der Waals surface area contributed by atoms with Gasteiger partial charge in [0.2, 0.25) is 10.0 Å². The number of sulfonamides is 1. The molecule has 36 heavy (non-hydrogen) atoms. The van der Waals surface area contributed by atoms with Crippen molar-refractivity contribution in [3.63, 3.8) is 0 Å². The van der Waals surface area contributed by atoms with E-state index in [1.165, 1.54) is 11.1 Å². The quantitative estimate of drug-likeness (QED) is 0.351. The van der Waals surface area contributed by atoms with Crippen molar-refractivity contribution in [3.8, 4) is 5.75 Å². The van der Waals surface area contributed by atoms with Crippen molar-refractivity contribution in [2.45, 2.75) is 38.4 Å². The molecule has 0 atom stereocenters. The van der Waals surface area contributed by atoms with Crippen LogP contribution in [0.4, 0.5) is 5.69 Å². The molecule has 1 saturated heterocycles. The third-order valence-electron chi connectivity index (χ3n) is 6.37. The molecule has 0 aliphatic carbocycles. The minimum Gasteiger partial charge on any atom is -0.491 e. The number of nitrogens with one attached hydrogen (secondary N) is 1. The number of ether oxygens (including phenoxy) is 2. The van der Waals surface area contributed by atoms with Crippen LogP contribution in [0, 0.1) is 6.92 Å². The van der Waals surface area contributed by atoms with Gasteiger partial charge in [0.15, 0.2) is 0 Å². The van der Waals surface area contributed by atoms with E-state index in [9.17, 15) is 8.42 Å². The van der Waals surface area contributed by atoms with E-state index >= 15 is 0 Å². The molecule has 0 unspecified atom stereocenters. The lowest BCUT2D eigenvalue weighted by molar-refractivity contribution is -0.0273. The van der Waals surface area contributed by atoms with Crippen LogP contribution in [-0.2, 0) is 14.8 Å². The first-order valence-corrected chi connectivity index (χ1v) is 14.5. The van der Waals surface area contributed by atoms with Crippen molar-refractivity contribution in [2.24, 2.45) is 0 Å². The molecule has 3 aromatic carbocycles. The Hall–Kier alpha value is -2.87. The molecule has 1 N–H and O–H groups in total. The second-order valence-electron chi connectivity index (χ2n) is 9.45. The monoisotopic (exact) mass is 508 g/mol. The predicted molar refractivity (Wildman–Crippen MR) is 145 cm³/mol. The van der Waals surface area contributed by atoms with Gasteiger partial charge in [-0.3, -0.25) is 4.72 Å². The number of hydrogen-bond acceptors (Lipinski definition) is 5. The standard InChI is InChI=1S/C29H36N2O4S/c1-23-14-15-28(27(22-23)30-36(2,32)33)34-21-9-18-31-19-16-26(17-20-31)35-29(24-10-5-3-6-11-24)25-12-7-4-8-13-25/h3-8,10-15,22,26,29-30H,9,16-21H2,1-2H3. The molecule has 1 aliphatic rings. The highest BCUT2D eigenvalue weighted by Crippen LogP contribution is 2.30. The lowest BCUT2D eigenvalue weighted by atomic mass is 10.00. The Morgan fingerprint density at radius 2 is 1.56 bits per heavy atom. The third kappa shape index (κ3) is 7.82. The molecule has 4 rings (SSSR count). The van der Waals surface area contributed by atoms with Gasteiger partial charge in [-0.2, -0.15) is 0 Å². The molecule has 6 nitrogen and oxygen atoms in total. The molecular weight excluding hydrogens is 472 g/mol. The van der Waals surface area contributed by atoms with Crippen molar-refractivity contribution in [2.75, 3.05) is 37.2 Å². The fourth-order valence-corrected chi connectivity index (χ4v) is 5.15. The van der Waals surface area contributed by atoms with Crippen LogP contribution in [0.15, 0.2) is 78.9 Å². The van der Waals surface area contributed by atoms with Gasteiger partial charge >= 0.3 is 0 Å².